The minimum Gasteiger partial charge on any atom is -0.462 e. The van der Waals surface area contributed by atoms with Crippen LogP contribution in [0.15, 0.2) is 36.7 Å². The van der Waals surface area contributed by atoms with Crippen molar-refractivity contribution in [1.29, 1.82) is 0 Å². The van der Waals surface area contributed by atoms with Gasteiger partial charge in [0.2, 0.25) is 5.95 Å². The maximum atomic E-state index is 11.9. The van der Waals surface area contributed by atoms with Crippen molar-refractivity contribution < 1.29 is 14.3 Å². The zero-order chi connectivity index (χ0) is 22.0. The Hall–Kier alpha value is -2.51. The Morgan fingerprint density at radius 2 is 1.97 bits per heavy atom. The summed E-state index contributed by atoms with van der Waals surface area (Å²) in [5.41, 5.74) is 3.00. The molecule has 2 aromatic rings. The molecule has 0 amide bonds. The van der Waals surface area contributed by atoms with E-state index in [2.05, 4.69) is 44.5 Å². The van der Waals surface area contributed by atoms with Gasteiger partial charge >= 0.3 is 5.97 Å². The van der Waals surface area contributed by atoms with E-state index in [4.69, 9.17) is 9.47 Å². The second-order valence-electron chi connectivity index (χ2n) is 9.20. The molecule has 1 aromatic heterocycles. The van der Waals surface area contributed by atoms with E-state index in [1.165, 1.54) is 42.8 Å². The number of benzene rings is 1. The number of nitrogens with zero attached hydrogens (tertiary/aromatic N) is 3. The van der Waals surface area contributed by atoms with Crippen LogP contribution in [0.4, 0.5) is 5.95 Å². The van der Waals surface area contributed by atoms with Crippen molar-refractivity contribution in [2.45, 2.75) is 56.5 Å². The fraction of sp³-hybridized carbons (Fsp3) is 0.560. The molecule has 5 rings (SSSR count). The van der Waals surface area contributed by atoms with Gasteiger partial charge in [0.05, 0.1) is 37.0 Å². The van der Waals surface area contributed by atoms with E-state index in [1.807, 2.05) is 0 Å². The van der Waals surface area contributed by atoms with Crippen LogP contribution in [-0.2, 0) is 15.0 Å². The summed E-state index contributed by atoms with van der Waals surface area (Å²) in [6.45, 7) is 6.25. The summed E-state index contributed by atoms with van der Waals surface area (Å²) in [6, 6.07) is 9.74. The van der Waals surface area contributed by atoms with Crippen LogP contribution in [0.3, 0.4) is 0 Å². The second kappa shape index (κ2) is 9.16. The standard InChI is InChI=1S/C25H32N4O3/c1-2-32-23(30)20-14-26-24(27-15-20)28-25(9-4-10-25)21-6-3-5-19(13-21)18-7-11-29(12-8-18)22-16-31-17-22/h3,5-6,13-15,18,22H,2,4,7-12,16-17H2,1H3,(H,26,27,28). The van der Waals surface area contributed by atoms with Crippen LogP contribution >= 0.6 is 0 Å². The molecule has 3 aliphatic rings. The second-order valence-corrected chi connectivity index (χ2v) is 9.20. The van der Waals surface area contributed by atoms with E-state index < -0.39 is 0 Å². The van der Waals surface area contributed by atoms with Crippen LogP contribution in [0.5, 0.6) is 0 Å². The van der Waals surface area contributed by atoms with Crippen molar-refractivity contribution in [3.05, 3.63) is 53.3 Å². The van der Waals surface area contributed by atoms with Gasteiger partial charge in [-0.3, -0.25) is 4.90 Å². The van der Waals surface area contributed by atoms with Gasteiger partial charge in [-0.1, -0.05) is 24.3 Å². The normalized spacial score (nSPS) is 21.4. The Morgan fingerprint density at radius 1 is 1.22 bits per heavy atom. The fourth-order valence-electron chi connectivity index (χ4n) is 5.06. The Bertz CT molecular complexity index is 932. The first-order valence-electron chi connectivity index (χ1n) is 11.9. The molecule has 1 N–H and O–H groups in total. The number of esters is 1. The van der Waals surface area contributed by atoms with E-state index in [0.29, 0.717) is 30.1 Å². The Labute approximate surface area is 189 Å². The van der Waals surface area contributed by atoms with E-state index >= 15 is 0 Å². The van der Waals surface area contributed by atoms with Crippen LogP contribution in [0.25, 0.3) is 0 Å². The summed E-state index contributed by atoms with van der Waals surface area (Å²) in [5.74, 6) is 0.782. The predicted octanol–water partition coefficient (Wildman–Crippen LogP) is 3.72. The lowest BCUT2D eigenvalue weighted by molar-refractivity contribution is -0.0712. The molecule has 3 heterocycles. The van der Waals surface area contributed by atoms with Gasteiger partial charge < -0.3 is 14.8 Å². The Kier molecular flexibility index (Phi) is 6.11. The molecule has 2 saturated heterocycles. The first-order valence-corrected chi connectivity index (χ1v) is 11.9. The van der Waals surface area contributed by atoms with Crippen LogP contribution in [0.2, 0.25) is 0 Å². The molecule has 32 heavy (non-hydrogen) atoms. The van der Waals surface area contributed by atoms with Crippen molar-refractivity contribution >= 4 is 11.9 Å². The number of ether oxygens (including phenoxy) is 2. The number of nitrogens with one attached hydrogen (secondary N) is 1. The summed E-state index contributed by atoms with van der Waals surface area (Å²) in [5, 5.41) is 3.58. The third kappa shape index (κ3) is 4.24. The lowest BCUT2D eigenvalue weighted by atomic mass is 9.71. The minimum atomic E-state index is -0.388. The molecule has 1 saturated carbocycles. The van der Waals surface area contributed by atoms with E-state index in [0.717, 1.165) is 39.1 Å². The average Bonchev–Trinajstić information content (AvgIpc) is 2.76. The molecule has 0 atom stereocenters. The summed E-state index contributed by atoms with van der Waals surface area (Å²) >= 11 is 0. The molecular formula is C25H32N4O3. The molecule has 0 radical (unpaired) electrons. The third-order valence-corrected chi connectivity index (χ3v) is 7.30. The highest BCUT2D eigenvalue weighted by atomic mass is 16.5. The maximum absolute atomic E-state index is 11.9. The first-order chi connectivity index (χ1) is 15.7. The lowest BCUT2D eigenvalue weighted by Crippen LogP contribution is -2.51. The summed E-state index contributed by atoms with van der Waals surface area (Å²) < 4.78 is 10.4. The van der Waals surface area contributed by atoms with E-state index in [1.54, 1.807) is 6.92 Å². The number of aromatic nitrogens is 2. The number of hydrogen-bond donors (Lipinski definition) is 1. The average molecular weight is 437 g/mol. The topological polar surface area (TPSA) is 76.6 Å². The highest BCUT2D eigenvalue weighted by Crippen LogP contribution is 2.44. The Morgan fingerprint density at radius 3 is 2.56 bits per heavy atom. The number of rotatable bonds is 7. The minimum absolute atomic E-state index is 0.134. The van der Waals surface area contributed by atoms with Gasteiger partial charge in [0.1, 0.15) is 0 Å². The molecular weight excluding hydrogens is 404 g/mol. The number of anilines is 1. The number of hydrogen-bond acceptors (Lipinski definition) is 7. The SMILES string of the molecule is CCOC(=O)c1cnc(NC2(c3cccc(C4CCN(C5COC5)CC4)c3)CCC2)nc1. The molecule has 7 heteroatoms. The zero-order valence-electron chi connectivity index (χ0n) is 18.8. The van der Waals surface area contributed by atoms with Crippen molar-refractivity contribution in [1.82, 2.24) is 14.9 Å². The molecule has 3 fully saturated rings. The van der Waals surface area contributed by atoms with E-state index in [-0.39, 0.29) is 11.5 Å². The van der Waals surface area contributed by atoms with Crippen LogP contribution < -0.4 is 5.32 Å². The Balaban J connectivity index is 1.27. The number of carbonyl (C=O) groups is 1. The third-order valence-electron chi connectivity index (χ3n) is 7.30. The molecule has 1 aliphatic carbocycles. The van der Waals surface area contributed by atoms with Gasteiger partial charge in [-0.05, 0) is 69.2 Å². The van der Waals surface area contributed by atoms with Gasteiger partial charge in [0, 0.05) is 12.4 Å². The van der Waals surface area contributed by atoms with Gasteiger partial charge in [-0.15, -0.1) is 0 Å². The van der Waals surface area contributed by atoms with Crippen molar-refractivity contribution in [3.63, 3.8) is 0 Å². The first kappa shape index (κ1) is 21.3. The molecule has 0 bridgehead atoms. The zero-order valence-corrected chi connectivity index (χ0v) is 18.8. The van der Waals surface area contributed by atoms with Crippen molar-refractivity contribution in [3.8, 4) is 0 Å². The molecule has 170 valence electrons. The quantitative estimate of drug-likeness (QED) is 0.663. The molecule has 0 unspecified atom stereocenters. The highest BCUT2D eigenvalue weighted by molar-refractivity contribution is 5.88. The molecule has 2 aliphatic heterocycles. The number of piperidine rings is 1. The van der Waals surface area contributed by atoms with Gasteiger partial charge in [-0.25, -0.2) is 14.8 Å². The summed E-state index contributed by atoms with van der Waals surface area (Å²) in [6.07, 6.45) is 8.78. The summed E-state index contributed by atoms with van der Waals surface area (Å²) in [4.78, 5) is 23.2. The van der Waals surface area contributed by atoms with Crippen molar-refractivity contribution in [2.75, 3.05) is 38.2 Å². The number of carbonyl (C=O) groups excluding carboxylic acids is 1. The molecule has 0 spiro atoms. The smallest absolute Gasteiger partial charge is 0.341 e. The van der Waals surface area contributed by atoms with Crippen molar-refractivity contribution in [2.24, 2.45) is 0 Å². The fourth-order valence-corrected chi connectivity index (χ4v) is 5.06. The van der Waals surface area contributed by atoms with E-state index in [9.17, 15) is 4.79 Å². The molecule has 7 nitrogen and oxygen atoms in total. The monoisotopic (exact) mass is 436 g/mol. The number of likely N-dealkylation sites (tertiary alicyclic amines) is 1. The van der Waals surface area contributed by atoms with Crippen LogP contribution in [-0.4, -0.2) is 59.8 Å². The van der Waals surface area contributed by atoms with Crippen LogP contribution in [0.1, 0.15) is 66.4 Å². The summed E-state index contributed by atoms with van der Waals surface area (Å²) in [7, 11) is 0. The van der Waals surface area contributed by atoms with Gasteiger partial charge in [0.15, 0.2) is 0 Å². The van der Waals surface area contributed by atoms with Gasteiger partial charge in [0.25, 0.3) is 0 Å². The lowest BCUT2D eigenvalue weighted by Gasteiger charge is -2.44. The largest absolute Gasteiger partial charge is 0.462 e. The predicted molar refractivity (Wildman–Crippen MR) is 122 cm³/mol. The van der Waals surface area contributed by atoms with Gasteiger partial charge in [-0.2, -0.15) is 0 Å². The highest BCUT2D eigenvalue weighted by Gasteiger charge is 2.40. The molecule has 1 aromatic carbocycles. The maximum Gasteiger partial charge on any atom is 0.341 e. The van der Waals surface area contributed by atoms with Crippen LogP contribution in [0, 0.1) is 0 Å².